The Hall–Kier alpha value is -1.45. The molecule has 0 aliphatic carbocycles. The largest absolute Gasteiger partial charge is 0.496 e. The molecule has 72 valence electrons. The highest BCUT2D eigenvalue weighted by Crippen LogP contribution is 2.22. The topological polar surface area (TPSA) is 62.7 Å². The van der Waals surface area contributed by atoms with Gasteiger partial charge in [-0.05, 0) is 18.2 Å². The van der Waals surface area contributed by atoms with E-state index in [2.05, 4.69) is 20.7 Å². The Balaban J connectivity index is 3.23. The summed E-state index contributed by atoms with van der Waals surface area (Å²) in [4.78, 5) is 14.0. The number of carbonyl (C=O) groups excluding carboxylic acids is 1. The number of benzene rings is 1. The van der Waals surface area contributed by atoms with E-state index in [1.54, 1.807) is 18.2 Å². The van der Waals surface area contributed by atoms with Gasteiger partial charge < -0.3 is 10.3 Å². The lowest BCUT2D eigenvalue weighted by atomic mass is 10.1. The lowest BCUT2D eigenvalue weighted by Crippen LogP contribution is -2.03. The highest BCUT2D eigenvalue weighted by molar-refractivity contribution is 9.10. The molecular formula is C9H7BrN2O2. The number of nitrogens with zero attached hydrogens (tertiary/aromatic N) is 2. The fourth-order valence-electron chi connectivity index (χ4n) is 0.995. The molecule has 0 amide bonds. The van der Waals surface area contributed by atoms with Gasteiger partial charge in [-0.1, -0.05) is 15.9 Å². The molecule has 0 fully saturated rings. The van der Waals surface area contributed by atoms with Crippen LogP contribution in [0.5, 0.6) is 5.75 Å². The number of rotatable bonds is 3. The molecule has 5 heteroatoms. The van der Waals surface area contributed by atoms with Crippen molar-refractivity contribution in [1.29, 1.82) is 0 Å². The van der Waals surface area contributed by atoms with Crippen LogP contribution in [0.1, 0.15) is 10.4 Å². The normalized spacial score (nSPS) is 9.00. The van der Waals surface area contributed by atoms with Crippen LogP contribution in [-0.2, 0) is 0 Å². The van der Waals surface area contributed by atoms with Crippen molar-refractivity contribution in [2.75, 3.05) is 7.11 Å². The summed E-state index contributed by atoms with van der Waals surface area (Å²) in [6.45, 7) is 0. The number of Topliss-reactive ketones (excluding diaryl/α,β-unsaturated/α-hetero) is 1. The van der Waals surface area contributed by atoms with Gasteiger partial charge in [0.2, 0.25) is 0 Å². The Morgan fingerprint density at radius 2 is 2.36 bits per heavy atom. The SMILES string of the molecule is COc1ccc(Br)cc1C(=O)C=[N+]=[N-]. The Kier molecular flexibility index (Phi) is 3.56. The third-order valence-electron chi connectivity index (χ3n) is 1.60. The molecule has 0 aliphatic heterocycles. The van der Waals surface area contributed by atoms with Crippen molar-refractivity contribution < 1.29 is 14.3 Å². The molecule has 0 atom stereocenters. The maximum Gasteiger partial charge on any atom is 0.328 e. The van der Waals surface area contributed by atoms with Crippen LogP contribution in [0.2, 0.25) is 0 Å². The fourth-order valence-corrected chi connectivity index (χ4v) is 1.36. The lowest BCUT2D eigenvalue weighted by molar-refractivity contribution is 0.00232. The van der Waals surface area contributed by atoms with E-state index in [1.807, 2.05) is 0 Å². The molecular weight excluding hydrogens is 248 g/mol. The average molecular weight is 255 g/mol. The first-order chi connectivity index (χ1) is 6.69. The minimum atomic E-state index is -0.411. The molecule has 4 nitrogen and oxygen atoms in total. The summed E-state index contributed by atoms with van der Waals surface area (Å²) in [6, 6.07) is 5.01. The van der Waals surface area contributed by atoms with Gasteiger partial charge in [0.1, 0.15) is 5.75 Å². The first-order valence-corrected chi connectivity index (χ1v) is 4.53. The summed E-state index contributed by atoms with van der Waals surface area (Å²) < 4.78 is 5.74. The van der Waals surface area contributed by atoms with E-state index in [1.165, 1.54) is 7.11 Å². The van der Waals surface area contributed by atoms with E-state index in [0.29, 0.717) is 11.3 Å². The second kappa shape index (κ2) is 4.69. The van der Waals surface area contributed by atoms with Gasteiger partial charge in [0, 0.05) is 4.47 Å². The second-order valence-corrected chi connectivity index (χ2v) is 3.37. The van der Waals surface area contributed by atoms with E-state index in [-0.39, 0.29) is 0 Å². The van der Waals surface area contributed by atoms with Gasteiger partial charge in [-0.3, -0.25) is 4.79 Å². The maximum absolute atomic E-state index is 11.4. The van der Waals surface area contributed by atoms with Crippen molar-refractivity contribution in [2.24, 2.45) is 0 Å². The van der Waals surface area contributed by atoms with Crippen LogP contribution in [0.25, 0.3) is 5.53 Å². The summed E-state index contributed by atoms with van der Waals surface area (Å²) in [7, 11) is 1.47. The predicted molar refractivity (Wildman–Crippen MR) is 54.7 cm³/mol. The van der Waals surface area contributed by atoms with Gasteiger partial charge in [0.15, 0.2) is 0 Å². The van der Waals surface area contributed by atoms with Gasteiger partial charge in [0.25, 0.3) is 5.78 Å². The van der Waals surface area contributed by atoms with Crippen LogP contribution in [0.3, 0.4) is 0 Å². The highest BCUT2D eigenvalue weighted by Gasteiger charge is 2.13. The van der Waals surface area contributed by atoms with Crippen molar-refractivity contribution >= 4 is 27.9 Å². The van der Waals surface area contributed by atoms with Crippen molar-refractivity contribution in [2.45, 2.75) is 0 Å². The van der Waals surface area contributed by atoms with E-state index in [9.17, 15) is 4.79 Å². The zero-order valence-corrected chi connectivity index (χ0v) is 8.98. The summed E-state index contributed by atoms with van der Waals surface area (Å²) in [5, 5.41) is 0. The monoisotopic (exact) mass is 254 g/mol. The number of ether oxygens (including phenoxy) is 1. The summed E-state index contributed by atoms with van der Waals surface area (Å²) in [5.41, 5.74) is 8.57. The number of halogens is 1. The molecule has 0 saturated heterocycles. The molecule has 0 aromatic heterocycles. The Labute approximate surface area is 89.3 Å². The number of hydrogen-bond donors (Lipinski definition) is 0. The standard InChI is InChI=1S/C9H7BrN2O2/c1-14-9-3-2-6(10)4-7(9)8(13)5-12-11/h2-5H,1H3. The molecule has 0 saturated carbocycles. The molecule has 0 N–H and O–H groups in total. The Morgan fingerprint density at radius 3 is 2.93 bits per heavy atom. The minimum absolute atomic E-state index is 0.347. The minimum Gasteiger partial charge on any atom is -0.496 e. The smallest absolute Gasteiger partial charge is 0.328 e. The van der Waals surface area contributed by atoms with Crippen molar-refractivity contribution in [3.63, 3.8) is 0 Å². The molecule has 0 bridgehead atoms. The fraction of sp³-hybridized carbons (Fsp3) is 0.111. The van der Waals surface area contributed by atoms with Crippen molar-refractivity contribution in [3.8, 4) is 5.75 Å². The van der Waals surface area contributed by atoms with Crippen LogP contribution in [0.15, 0.2) is 22.7 Å². The van der Waals surface area contributed by atoms with E-state index >= 15 is 0 Å². The predicted octanol–water partition coefficient (Wildman–Crippen LogP) is 1.94. The van der Waals surface area contributed by atoms with E-state index in [0.717, 1.165) is 10.7 Å². The summed E-state index contributed by atoms with van der Waals surface area (Å²) >= 11 is 3.23. The highest BCUT2D eigenvalue weighted by atomic mass is 79.9. The molecule has 1 rings (SSSR count). The number of carbonyl (C=O) groups is 1. The number of methoxy groups -OCH3 is 1. The molecule has 0 heterocycles. The third-order valence-corrected chi connectivity index (χ3v) is 2.10. The molecule has 1 aromatic carbocycles. The molecule has 0 unspecified atom stereocenters. The average Bonchev–Trinajstić information content (AvgIpc) is 2.18. The van der Waals surface area contributed by atoms with Gasteiger partial charge in [-0.15, -0.1) is 0 Å². The first kappa shape index (κ1) is 10.6. The van der Waals surface area contributed by atoms with Crippen LogP contribution in [0.4, 0.5) is 0 Å². The Bertz CT molecular complexity index is 411. The third kappa shape index (κ3) is 2.28. The Morgan fingerprint density at radius 1 is 1.64 bits per heavy atom. The zero-order valence-electron chi connectivity index (χ0n) is 7.40. The van der Waals surface area contributed by atoms with Crippen molar-refractivity contribution in [3.05, 3.63) is 33.8 Å². The van der Waals surface area contributed by atoms with Crippen LogP contribution >= 0.6 is 15.9 Å². The first-order valence-electron chi connectivity index (χ1n) is 3.74. The molecule has 0 aliphatic rings. The van der Waals surface area contributed by atoms with Gasteiger partial charge in [0.05, 0.1) is 12.7 Å². The second-order valence-electron chi connectivity index (χ2n) is 2.45. The van der Waals surface area contributed by atoms with Crippen LogP contribution in [0, 0.1) is 0 Å². The van der Waals surface area contributed by atoms with Crippen LogP contribution in [-0.4, -0.2) is 23.9 Å². The van der Waals surface area contributed by atoms with E-state index in [4.69, 9.17) is 10.3 Å². The summed E-state index contributed by atoms with van der Waals surface area (Å²) in [5.74, 6) is 0.0313. The van der Waals surface area contributed by atoms with Gasteiger partial charge in [-0.2, -0.15) is 4.79 Å². The van der Waals surface area contributed by atoms with Crippen molar-refractivity contribution in [1.82, 2.24) is 0 Å². The quantitative estimate of drug-likeness (QED) is 0.358. The zero-order chi connectivity index (χ0) is 10.6. The number of hydrogen-bond acceptors (Lipinski definition) is 2. The number of ketones is 1. The molecule has 14 heavy (non-hydrogen) atoms. The summed E-state index contributed by atoms with van der Waals surface area (Å²) in [6.07, 6.45) is 0.824. The molecule has 1 aromatic rings. The van der Waals surface area contributed by atoms with Gasteiger partial charge in [-0.25, -0.2) is 0 Å². The van der Waals surface area contributed by atoms with E-state index < -0.39 is 5.78 Å². The molecule has 0 spiro atoms. The molecule has 0 radical (unpaired) electrons. The lowest BCUT2D eigenvalue weighted by Gasteiger charge is -2.03. The van der Waals surface area contributed by atoms with Gasteiger partial charge >= 0.3 is 6.21 Å². The van der Waals surface area contributed by atoms with Crippen LogP contribution < -0.4 is 4.74 Å². The maximum atomic E-state index is 11.4.